The van der Waals surface area contributed by atoms with Crippen LogP contribution in [-0.2, 0) is 20.4 Å². The molecule has 3 nitrogen and oxygen atoms in total. The second kappa shape index (κ2) is 14.8. The molecule has 0 spiro atoms. The van der Waals surface area contributed by atoms with E-state index >= 15 is 0 Å². The maximum Gasteiger partial charge on any atom is 0.331 e. The summed E-state index contributed by atoms with van der Waals surface area (Å²) in [5.41, 5.74) is 3.01. The summed E-state index contributed by atoms with van der Waals surface area (Å²) in [5.74, 6) is -0.277. The van der Waals surface area contributed by atoms with E-state index in [-0.39, 0.29) is 16.8 Å². The number of hydrogen-bond acceptors (Lipinski definition) is 5. The zero-order valence-corrected chi connectivity index (χ0v) is 23.1. The molecule has 0 atom stereocenters. The van der Waals surface area contributed by atoms with E-state index in [0.29, 0.717) is 6.61 Å². The van der Waals surface area contributed by atoms with Crippen molar-refractivity contribution in [3.8, 4) is 6.07 Å². The van der Waals surface area contributed by atoms with Crippen molar-refractivity contribution in [2.24, 2.45) is 0 Å². The molecule has 0 amide bonds. The van der Waals surface area contributed by atoms with Crippen molar-refractivity contribution in [1.29, 1.82) is 5.26 Å². The largest absolute Gasteiger partial charge is 0.463 e. The Morgan fingerprint density at radius 3 is 1.68 bits per heavy atom. The Balaban J connectivity index is 0.000000350. The van der Waals surface area contributed by atoms with Gasteiger partial charge in [0.1, 0.15) is 0 Å². The first-order chi connectivity index (χ1) is 16.0. The minimum absolute atomic E-state index is 0.170. The molecule has 0 aromatic heterocycles. The average molecular weight is 496 g/mol. The second-order valence-electron chi connectivity index (χ2n) is 9.69. The van der Waals surface area contributed by atoms with Gasteiger partial charge in [-0.1, -0.05) is 96.3 Å². The number of benzene rings is 2. The Morgan fingerprint density at radius 2 is 1.29 bits per heavy atom. The van der Waals surface area contributed by atoms with Gasteiger partial charge in [0.05, 0.1) is 12.7 Å². The van der Waals surface area contributed by atoms with E-state index in [1.807, 2.05) is 13.0 Å². The van der Waals surface area contributed by atoms with E-state index < -0.39 is 0 Å². The molecule has 34 heavy (non-hydrogen) atoms. The number of esters is 1. The van der Waals surface area contributed by atoms with Gasteiger partial charge < -0.3 is 4.74 Å². The molecule has 0 fully saturated rings. The van der Waals surface area contributed by atoms with Crippen LogP contribution in [0.1, 0.15) is 66.0 Å². The van der Waals surface area contributed by atoms with Crippen molar-refractivity contribution >= 4 is 29.5 Å². The predicted octanol–water partition coefficient (Wildman–Crippen LogP) is 8.66. The molecule has 182 valence electrons. The van der Waals surface area contributed by atoms with Crippen LogP contribution in [0.15, 0.2) is 81.3 Å². The summed E-state index contributed by atoms with van der Waals surface area (Å²) in [7, 11) is 0. The minimum Gasteiger partial charge on any atom is -0.463 e. The van der Waals surface area contributed by atoms with Crippen LogP contribution in [0.25, 0.3) is 0 Å². The summed E-state index contributed by atoms with van der Waals surface area (Å²) in [6.45, 7) is 15.6. The molecular formula is C29H37NO2S2. The summed E-state index contributed by atoms with van der Waals surface area (Å²) in [6.07, 6.45) is 3.81. The van der Waals surface area contributed by atoms with Gasteiger partial charge in [0, 0.05) is 21.9 Å². The summed E-state index contributed by atoms with van der Waals surface area (Å²) < 4.78 is 4.95. The van der Waals surface area contributed by atoms with Crippen molar-refractivity contribution in [3.63, 3.8) is 0 Å². The van der Waals surface area contributed by atoms with E-state index in [2.05, 4.69) is 90.1 Å². The average Bonchev–Trinajstić information content (AvgIpc) is 2.78. The summed E-state index contributed by atoms with van der Waals surface area (Å²) in [4.78, 5) is 13.5. The zero-order valence-electron chi connectivity index (χ0n) is 21.4. The fourth-order valence-electron chi connectivity index (χ4n) is 2.63. The number of ether oxygens (including phenoxy) is 1. The molecule has 0 aliphatic heterocycles. The van der Waals surface area contributed by atoms with Gasteiger partial charge in [-0.15, -0.1) is 0 Å². The number of carbonyl (C=O) groups excluding carboxylic acids is 1. The van der Waals surface area contributed by atoms with E-state index in [0.717, 1.165) is 16.2 Å². The van der Waals surface area contributed by atoms with Gasteiger partial charge in [-0.3, -0.25) is 0 Å². The van der Waals surface area contributed by atoms with Crippen molar-refractivity contribution in [2.45, 2.75) is 75.5 Å². The molecule has 0 radical (unpaired) electrons. The van der Waals surface area contributed by atoms with Gasteiger partial charge in [0.15, 0.2) is 0 Å². The van der Waals surface area contributed by atoms with E-state index in [9.17, 15) is 4.79 Å². The Morgan fingerprint density at radius 1 is 0.853 bits per heavy atom. The molecule has 0 aliphatic rings. The van der Waals surface area contributed by atoms with Gasteiger partial charge in [-0.25, -0.2) is 4.79 Å². The Bertz CT molecular complexity index is 971. The number of rotatable bonds is 7. The number of nitrogens with zero attached hydrogens (tertiary/aromatic N) is 1. The molecule has 5 heteroatoms. The molecule has 0 saturated carbocycles. The lowest BCUT2D eigenvalue weighted by atomic mass is 9.87. The number of allylic oxidation sites excluding steroid dienone is 1. The number of hydrogen-bond donors (Lipinski definition) is 0. The number of carbonyl (C=O) groups is 1. The highest BCUT2D eigenvalue weighted by molar-refractivity contribution is 8.02. The van der Waals surface area contributed by atoms with E-state index in [1.54, 1.807) is 22.6 Å². The third-order valence-electron chi connectivity index (χ3n) is 4.64. The quantitative estimate of drug-likeness (QED) is 0.166. The highest BCUT2D eigenvalue weighted by Crippen LogP contribution is 2.27. The van der Waals surface area contributed by atoms with Gasteiger partial charge in [-0.05, 0) is 63.5 Å². The van der Waals surface area contributed by atoms with Crippen LogP contribution in [0.3, 0.4) is 0 Å². The third kappa shape index (κ3) is 12.2. The maximum absolute atomic E-state index is 11.3. The molecule has 2 aromatic rings. The highest BCUT2D eigenvalue weighted by Gasteiger charge is 2.13. The molecule has 2 aromatic carbocycles. The first kappa shape index (κ1) is 29.6. The summed E-state index contributed by atoms with van der Waals surface area (Å²) in [5, 5.41) is 11.9. The first-order valence-corrected chi connectivity index (χ1v) is 13.2. The van der Waals surface area contributed by atoms with Crippen molar-refractivity contribution < 1.29 is 9.53 Å². The zero-order chi connectivity index (χ0) is 25.6. The van der Waals surface area contributed by atoms with Crippen LogP contribution in [0.5, 0.6) is 0 Å². The lowest BCUT2D eigenvalue weighted by Crippen LogP contribution is -2.10. The Hall–Kier alpha value is -2.42. The minimum atomic E-state index is -0.277. The molecule has 0 aliphatic carbocycles. The van der Waals surface area contributed by atoms with Crippen molar-refractivity contribution in [3.05, 3.63) is 82.6 Å². The molecule has 2 rings (SSSR count). The molecule has 0 N–H and O–H groups in total. The smallest absolute Gasteiger partial charge is 0.331 e. The lowest BCUT2D eigenvalue weighted by Gasteiger charge is -2.18. The van der Waals surface area contributed by atoms with Crippen LogP contribution in [-0.4, -0.2) is 12.6 Å². The highest BCUT2D eigenvalue weighted by atomic mass is 32.2. The number of nitriles is 1. The van der Waals surface area contributed by atoms with Crippen LogP contribution >= 0.6 is 23.5 Å². The molecule has 0 heterocycles. The molecule has 0 unspecified atom stereocenters. The predicted molar refractivity (Wildman–Crippen MR) is 147 cm³/mol. The topological polar surface area (TPSA) is 50.1 Å². The van der Waals surface area contributed by atoms with Gasteiger partial charge in [0.2, 0.25) is 0 Å². The molecule has 0 bridgehead atoms. The monoisotopic (exact) mass is 495 g/mol. The lowest BCUT2D eigenvalue weighted by molar-refractivity contribution is -0.137. The van der Waals surface area contributed by atoms with Crippen molar-refractivity contribution in [1.82, 2.24) is 0 Å². The third-order valence-corrected chi connectivity index (χ3v) is 6.28. The van der Waals surface area contributed by atoms with Crippen LogP contribution in [0, 0.1) is 11.3 Å². The van der Waals surface area contributed by atoms with Crippen molar-refractivity contribution in [2.75, 3.05) is 6.61 Å². The number of thioether (sulfide) groups is 2. The molecular weight excluding hydrogens is 458 g/mol. The Labute approximate surface area is 214 Å². The summed E-state index contributed by atoms with van der Waals surface area (Å²) in [6, 6.07) is 18.8. The first-order valence-electron chi connectivity index (χ1n) is 11.4. The SMILES string of the molecule is CC(C)(C)c1ccc(S/C=C/C#N)cc1.CCCOC(=O)/C=C/Sc1ccc(C(C)(C)C)cc1. The van der Waals surface area contributed by atoms with Gasteiger partial charge >= 0.3 is 5.97 Å². The van der Waals surface area contributed by atoms with Crippen LogP contribution < -0.4 is 0 Å². The van der Waals surface area contributed by atoms with Crippen LogP contribution in [0.4, 0.5) is 0 Å². The van der Waals surface area contributed by atoms with E-state index in [4.69, 9.17) is 10.00 Å². The van der Waals surface area contributed by atoms with Crippen LogP contribution in [0.2, 0.25) is 0 Å². The standard InChI is InChI=1S/C16H22O2S.C13H15NS/c1-5-11-18-15(17)10-12-19-14-8-6-13(7-9-14)16(2,3)4;1-13(2,3)11-5-7-12(8-6-11)15-10-4-9-14/h6-10,12H,5,11H2,1-4H3;4-8,10H,1-3H3/b12-10+;10-4+. The molecule has 0 saturated heterocycles. The maximum atomic E-state index is 11.3. The fraction of sp³-hybridized carbons (Fsp3) is 0.379. The van der Waals surface area contributed by atoms with Gasteiger partial charge in [-0.2, -0.15) is 5.26 Å². The van der Waals surface area contributed by atoms with Gasteiger partial charge in [0.25, 0.3) is 0 Å². The Kier molecular flexibility index (Phi) is 12.9. The fourth-order valence-corrected chi connectivity index (χ4v) is 3.84. The summed E-state index contributed by atoms with van der Waals surface area (Å²) >= 11 is 3.08. The normalized spacial score (nSPS) is 11.7. The second-order valence-corrected chi connectivity index (χ2v) is 11.6. The van der Waals surface area contributed by atoms with E-state index in [1.165, 1.54) is 35.0 Å².